The number of fused-ring (bicyclic) bond motifs is 1. The minimum Gasteiger partial charge on any atom is -0.444 e. The lowest BCUT2D eigenvalue weighted by Gasteiger charge is -2.28. The summed E-state index contributed by atoms with van der Waals surface area (Å²) in [5.41, 5.74) is 5.36. The summed E-state index contributed by atoms with van der Waals surface area (Å²) in [6.45, 7) is 10.9. The first-order valence-corrected chi connectivity index (χ1v) is 13.0. The summed E-state index contributed by atoms with van der Waals surface area (Å²) in [6, 6.07) is 12.6. The van der Waals surface area contributed by atoms with Crippen LogP contribution in [0.25, 0.3) is 22.0 Å². The first-order valence-electron chi connectivity index (χ1n) is 13.0. The zero-order valence-corrected chi connectivity index (χ0v) is 23.9. The summed E-state index contributed by atoms with van der Waals surface area (Å²) >= 11 is 0. The molecule has 1 atom stereocenters. The molecule has 1 aromatic carbocycles. The second-order valence-corrected chi connectivity index (χ2v) is 10.7. The number of aromatic nitrogens is 3. The van der Waals surface area contributed by atoms with E-state index in [2.05, 4.69) is 27.1 Å². The van der Waals surface area contributed by atoms with Crippen molar-refractivity contribution in [3.8, 4) is 23.0 Å². The van der Waals surface area contributed by atoms with Crippen LogP contribution >= 0.6 is 0 Å². The second kappa shape index (κ2) is 11.5. The Labute approximate surface area is 234 Å². The van der Waals surface area contributed by atoms with Crippen molar-refractivity contribution in [2.24, 2.45) is 0 Å². The number of hydrogen-bond donors (Lipinski definition) is 1. The summed E-state index contributed by atoms with van der Waals surface area (Å²) in [7, 11) is 1.53. The van der Waals surface area contributed by atoms with Gasteiger partial charge in [-0.1, -0.05) is 12.0 Å². The van der Waals surface area contributed by atoms with Gasteiger partial charge in [0, 0.05) is 42.2 Å². The molecule has 0 radical (unpaired) electrons. The van der Waals surface area contributed by atoms with E-state index in [1.165, 1.54) is 11.9 Å². The number of rotatable bonds is 4. The average molecular weight is 536 g/mol. The number of likely N-dealkylation sites (N-methyl/N-ethyl adjacent to an activating group) is 1. The van der Waals surface area contributed by atoms with Gasteiger partial charge in [0.1, 0.15) is 23.2 Å². The summed E-state index contributed by atoms with van der Waals surface area (Å²) in [5.74, 6) is 6.37. The van der Waals surface area contributed by atoms with E-state index < -0.39 is 23.6 Å². The molecule has 4 rings (SSSR count). The SMILES string of the molecule is Cc1cncc(C)c1-c1ccc(NC(=O)C(C)N(C)C(=O)OC(C)(C)C)nc1C#Cc1ccc2ncccc2c1. The van der Waals surface area contributed by atoms with Crippen LogP contribution in [0.2, 0.25) is 0 Å². The molecule has 1 N–H and O–H groups in total. The van der Waals surface area contributed by atoms with Gasteiger partial charge in [-0.15, -0.1) is 0 Å². The van der Waals surface area contributed by atoms with E-state index >= 15 is 0 Å². The molecule has 3 heterocycles. The smallest absolute Gasteiger partial charge is 0.410 e. The Morgan fingerprint density at radius 3 is 2.45 bits per heavy atom. The van der Waals surface area contributed by atoms with Gasteiger partial charge in [-0.2, -0.15) is 0 Å². The molecular formula is C32H33N5O3. The second-order valence-electron chi connectivity index (χ2n) is 10.7. The molecule has 0 saturated carbocycles. The predicted octanol–water partition coefficient (Wildman–Crippen LogP) is 5.90. The molecule has 0 aliphatic heterocycles. The highest BCUT2D eigenvalue weighted by Gasteiger charge is 2.27. The fraction of sp³-hybridized carbons (Fsp3) is 0.281. The van der Waals surface area contributed by atoms with Gasteiger partial charge in [0.2, 0.25) is 5.91 Å². The number of ether oxygens (including phenoxy) is 1. The highest BCUT2D eigenvalue weighted by molar-refractivity contribution is 5.96. The molecule has 1 unspecified atom stereocenters. The van der Waals surface area contributed by atoms with Crippen molar-refractivity contribution in [2.75, 3.05) is 12.4 Å². The first kappa shape index (κ1) is 28.2. The molecular weight excluding hydrogens is 502 g/mol. The third-order valence-corrected chi connectivity index (χ3v) is 6.31. The monoisotopic (exact) mass is 535 g/mol. The van der Waals surface area contributed by atoms with Crippen LogP contribution in [-0.2, 0) is 9.53 Å². The van der Waals surface area contributed by atoms with Crippen LogP contribution in [0.15, 0.2) is 61.1 Å². The van der Waals surface area contributed by atoms with Crippen molar-refractivity contribution in [3.63, 3.8) is 0 Å². The third kappa shape index (κ3) is 6.62. The van der Waals surface area contributed by atoms with Crippen LogP contribution in [0.4, 0.5) is 10.6 Å². The van der Waals surface area contributed by atoms with Gasteiger partial charge in [-0.25, -0.2) is 9.78 Å². The molecule has 2 amide bonds. The van der Waals surface area contributed by atoms with E-state index in [0.717, 1.165) is 38.7 Å². The van der Waals surface area contributed by atoms with Crippen molar-refractivity contribution < 1.29 is 14.3 Å². The van der Waals surface area contributed by atoms with Gasteiger partial charge < -0.3 is 10.1 Å². The standard InChI is InChI=1S/C32H33N5O3/c1-20-18-33-19-21(2)29(20)25-12-15-28(36-30(38)22(3)37(7)31(39)40-32(4,5)6)35-27(25)14-11-23-10-13-26-24(17-23)9-8-16-34-26/h8-10,12-13,15-19,22H,1-7H3,(H,35,36,38). The quantitative estimate of drug-likeness (QED) is 0.327. The Kier molecular flexibility index (Phi) is 8.15. The molecule has 0 bridgehead atoms. The lowest BCUT2D eigenvalue weighted by Crippen LogP contribution is -2.45. The molecule has 0 spiro atoms. The van der Waals surface area contributed by atoms with Gasteiger partial charge in [0.05, 0.1) is 5.52 Å². The van der Waals surface area contributed by atoms with Crippen LogP contribution in [0.3, 0.4) is 0 Å². The molecule has 0 aliphatic rings. The number of anilines is 1. The lowest BCUT2D eigenvalue weighted by molar-refractivity contribution is -0.120. The summed E-state index contributed by atoms with van der Waals surface area (Å²) in [6.07, 6.45) is 4.79. The number of carbonyl (C=O) groups excluding carboxylic acids is 2. The maximum absolute atomic E-state index is 13.1. The van der Waals surface area contributed by atoms with Crippen LogP contribution in [-0.4, -0.2) is 50.5 Å². The van der Waals surface area contributed by atoms with Gasteiger partial charge >= 0.3 is 6.09 Å². The molecule has 0 saturated heterocycles. The summed E-state index contributed by atoms with van der Waals surface area (Å²) < 4.78 is 5.39. The molecule has 8 heteroatoms. The summed E-state index contributed by atoms with van der Waals surface area (Å²) in [4.78, 5) is 40.1. The Hall–Kier alpha value is -4.77. The van der Waals surface area contributed by atoms with Gasteiger partial charge in [0.25, 0.3) is 0 Å². The molecule has 4 aromatic rings. The van der Waals surface area contributed by atoms with Crippen molar-refractivity contribution in [2.45, 2.75) is 53.2 Å². The van der Waals surface area contributed by atoms with E-state index in [-0.39, 0.29) is 0 Å². The Morgan fingerprint density at radius 1 is 1.02 bits per heavy atom. The predicted molar refractivity (Wildman–Crippen MR) is 157 cm³/mol. The van der Waals surface area contributed by atoms with Crippen molar-refractivity contribution >= 4 is 28.7 Å². The highest BCUT2D eigenvalue weighted by atomic mass is 16.6. The van der Waals surface area contributed by atoms with Gasteiger partial charge in [-0.3, -0.25) is 19.7 Å². The van der Waals surface area contributed by atoms with Crippen molar-refractivity contribution in [3.05, 3.63) is 83.4 Å². The van der Waals surface area contributed by atoms with Crippen LogP contribution in [0, 0.1) is 25.7 Å². The molecule has 0 fully saturated rings. The Bertz CT molecular complexity index is 1630. The number of carbonyl (C=O) groups is 2. The number of nitrogens with zero attached hydrogens (tertiary/aromatic N) is 4. The van der Waals surface area contributed by atoms with Gasteiger partial charge in [-0.05, 0) is 101 Å². The minimum atomic E-state index is -0.790. The maximum Gasteiger partial charge on any atom is 0.410 e. The van der Waals surface area contributed by atoms with Crippen LogP contribution in [0.1, 0.15) is 50.1 Å². The van der Waals surface area contributed by atoms with Crippen molar-refractivity contribution in [1.82, 2.24) is 19.9 Å². The van der Waals surface area contributed by atoms with E-state index in [1.54, 1.807) is 52.4 Å². The van der Waals surface area contributed by atoms with Gasteiger partial charge in [0.15, 0.2) is 0 Å². The Morgan fingerprint density at radius 2 is 1.75 bits per heavy atom. The number of hydrogen-bond acceptors (Lipinski definition) is 6. The normalized spacial score (nSPS) is 11.8. The Balaban J connectivity index is 1.68. The van der Waals surface area contributed by atoms with Crippen molar-refractivity contribution in [1.29, 1.82) is 0 Å². The van der Waals surface area contributed by atoms with E-state index in [4.69, 9.17) is 9.72 Å². The third-order valence-electron chi connectivity index (χ3n) is 6.31. The molecule has 3 aromatic heterocycles. The van der Waals surface area contributed by atoms with Crippen LogP contribution < -0.4 is 5.32 Å². The molecule has 40 heavy (non-hydrogen) atoms. The maximum atomic E-state index is 13.1. The summed E-state index contributed by atoms with van der Waals surface area (Å²) in [5, 5.41) is 3.82. The number of pyridine rings is 3. The highest BCUT2D eigenvalue weighted by Crippen LogP contribution is 2.29. The first-order chi connectivity index (χ1) is 18.9. The van der Waals surface area contributed by atoms with E-state index in [9.17, 15) is 9.59 Å². The number of aryl methyl sites for hydroxylation is 2. The topological polar surface area (TPSA) is 97.3 Å². The fourth-order valence-corrected chi connectivity index (χ4v) is 4.13. The molecule has 204 valence electrons. The number of nitrogens with one attached hydrogen (secondary N) is 1. The minimum absolute atomic E-state index is 0.328. The number of amides is 2. The zero-order chi connectivity index (χ0) is 29.0. The fourth-order valence-electron chi connectivity index (χ4n) is 4.13. The lowest BCUT2D eigenvalue weighted by atomic mass is 9.96. The molecule has 0 aliphatic carbocycles. The largest absolute Gasteiger partial charge is 0.444 e. The van der Waals surface area contributed by atoms with E-state index in [1.807, 2.05) is 50.2 Å². The number of benzene rings is 1. The zero-order valence-electron chi connectivity index (χ0n) is 23.9. The van der Waals surface area contributed by atoms with Crippen LogP contribution in [0.5, 0.6) is 0 Å². The van der Waals surface area contributed by atoms with E-state index in [0.29, 0.717) is 11.5 Å². The average Bonchev–Trinajstić information content (AvgIpc) is 2.90. The molecule has 8 nitrogen and oxygen atoms in total.